The molecule has 9 aromatic rings. The van der Waals surface area contributed by atoms with Gasteiger partial charge in [0.05, 0.1) is 0 Å². The predicted octanol–water partition coefficient (Wildman–Crippen LogP) is 16.3. The van der Waals surface area contributed by atoms with Crippen molar-refractivity contribution in [2.45, 2.75) is 52.4 Å². The molecule has 0 bridgehead atoms. The fourth-order valence-corrected chi connectivity index (χ4v) is 11.5. The molecule has 0 saturated carbocycles. The standard InChI is InChI=1S/C60H52N2/c1-7-61-52-34-16-14-32-50(52)59(3,4)57-46(30-20-36-54(57)61)41-26-18-28-44-48(41)38-49-42(27-19-29-45(49)56(44)43-25-13-12-24-40(43)39-22-10-9-11-23-39)47-31-21-37-55-58(47)60(5,6)51-33-15-17-35-53(51)62(55)8-2/h9-38H,7-8H2,1-6H3. The number of benzene rings is 9. The van der Waals surface area contributed by atoms with Gasteiger partial charge in [0.25, 0.3) is 0 Å². The zero-order valence-electron chi connectivity index (χ0n) is 36.6. The Bertz CT molecular complexity index is 3050. The van der Waals surface area contributed by atoms with Crippen molar-refractivity contribution in [3.05, 3.63) is 204 Å². The van der Waals surface area contributed by atoms with Gasteiger partial charge in [0.2, 0.25) is 0 Å². The van der Waals surface area contributed by atoms with Gasteiger partial charge in [-0.25, -0.2) is 0 Å². The average Bonchev–Trinajstić information content (AvgIpc) is 3.31. The van der Waals surface area contributed by atoms with Crippen molar-refractivity contribution >= 4 is 44.3 Å². The van der Waals surface area contributed by atoms with Crippen LogP contribution in [0.4, 0.5) is 22.7 Å². The topological polar surface area (TPSA) is 6.48 Å². The molecule has 0 spiro atoms. The zero-order valence-corrected chi connectivity index (χ0v) is 36.6. The highest BCUT2D eigenvalue weighted by molar-refractivity contribution is 6.20. The largest absolute Gasteiger partial charge is 0.341 e. The van der Waals surface area contributed by atoms with Gasteiger partial charge in [-0.2, -0.15) is 0 Å². The summed E-state index contributed by atoms with van der Waals surface area (Å²) in [7, 11) is 0. The SMILES string of the molecule is CCN1c2ccccc2C(C)(C)c2c(-c3cccc4c(-c5ccccc5-c5ccccc5)c5cccc(-c6cccc7c6C(C)(C)c6ccccc6N7CC)c5cc34)cccc21. The summed E-state index contributed by atoms with van der Waals surface area (Å²) in [5.74, 6) is 0. The number of hydrogen-bond donors (Lipinski definition) is 0. The molecule has 2 aliphatic heterocycles. The Hall–Kier alpha value is -6.90. The van der Waals surface area contributed by atoms with Crippen molar-refractivity contribution in [1.82, 2.24) is 0 Å². The van der Waals surface area contributed by atoms with Gasteiger partial charge >= 0.3 is 0 Å². The van der Waals surface area contributed by atoms with Gasteiger partial charge in [-0.3, -0.25) is 0 Å². The lowest BCUT2D eigenvalue weighted by Crippen LogP contribution is -2.33. The molecule has 0 amide bonds. The van der Waals surface area contributed by atoms with Gasteiger partial charge in [-0.05, 0) is 132 Å². The number of rotatable bonds is 6. The Morgan fingerprint density at radius 2 is 0.726 bits per heavy atom. The van der Waals surface area contributed by atoms with Crippen molar-refractivity contribution < 1.29 is 0 Å². The van der Waals surface area contributed by atoms with Crippen LogP contribution in [0.2, 0.25) is 0 Å². The third-order valence-corrected chi connectivity index (χ3v) is 14.2. The van der Waals surface area contributed by atoms with Crippen LogP contribution in [-0.2, 0) is 10.8 Å². The van der Waals surface area contributed by atoms with E-state index in [0.29, 0.717) is 0 Å². The van der Waals surface area contributed by atoms with Crippen LogP contribution in [0.15, 0.2) is 182 Å². The lowest BCUT2D eigenvalue weighted by atomic mass is 9.70. The molecule has 2 nitrogen and oxygen atoms in total. The molecule has 2 aliphatic rings. The molecule has 0 aromatic heterocycles. The highest BCUT2D eigenvalue weighted by Crippen LogP contribution is 2.56. The minimum absolute atomic E-state index is 0.225. The number of nitrogens with zero attached hydrogens (tertiary/aromatic N) is 2. The van der Waals surface area contributed by atoms with E-state index in [4.69, 9.17) is 0 Å². The molecule has 302 valence electrons. The second kappa shape index (κ2) is 14.4. The predicted molar refractivity (Wildman–Crippen MR) is 266 cm³/mol. The molecule has 0 aliphatic carbocycles. The van der Waals surface area contributed by atoms with Crippen molar-refractivity contribution in [2.24, 2.45) is 0 Å². The summed E-state index contributed by atoms with van der Waals surface area (Å²) in [6, 6.07) is 68.5. The van der Waals surface area contributed by atoms with E-state index in [1.807, 2.05) is 0 Å². The minimum Gasteiger partial charge on any atom is -0.341 e. The first-order chi connectivity index (χ1) is 30.2. The van der Waals surface area contributed by atoms with Gasteiger partial charge in [-0.1, -0.05) is 179 Å². The Labute approximate surface area is 366 Å². The Balaban J connectivity index is 1.26. The number of para-hydroxylation sites is 2. The maximum atomic E-state index is 2.53. The first-order valence-electron chi connectivity index (χ1n) is 22.4. The molecule has 0 radical (unpaired) electrons. The molecular formula is C60H52N2. The monoisotopic (exact) mass is 800 g/mol. The van der Waals surface area contributed by atoms with Crippen LogP contribution >= 0.6 is 0 Å². The molecule has 62 heavy (non-hydrogen) atoms. The molecule has 11 rings (SSSR count). The Morgan fingerprint density at radius 3 is 1.23 bits per heavy atom. The van der Waals surface area contributed by atoms with Crippen LogP contribution in [0.25, 0.3) is 66.1 Å². The van der Waals surface area contributed by atoms with Gasteiger partial charge in [0.1, 0.15) is 0 Å². The van der Waals surface area contributed by atoms with E-state index in [1.54, 1.807) is 0 Å². The van der Waals surface area contributed by atoms with Gasteiger partial charge in [0.15, 0.2) is 0 Å². The first-order valence-corrected chi connectivity index (χ1v) is 22.4. The maximum Gasteiger partial charge on any atom is 0.0458 e. The van der Waals surface area contributed by atoms with Crippen molar-refractivity contribution in [1.29, 1.82) is 0 Å². The number of anilines is 4. The van der Waals surface area contributed by atoms with Crippen LogP contribution < -0.4 is 9.80 Å². The fourth-order valence-electron chi connectivity index (χ4n) is 11.5. The minimum atomic E-state index is -0.225. The van der Waals surface area contributed by atoms with Crippen LogP contribution in [0.3, 0.4) is 0 Å². The normalized spacial score (nSPS) is 14.6. The third-order valence-electron chi connectivity index (χ3n) is 14.2. The van der Waals surface area contributed by atoms with E-state index in [9.17, 15) is 0 Å². The molecule has 0 fully saturated rings. The van der Waals surface area contributed by atoms with E-state index >= 15 is 0 Å². The molecule has 0 atom stereocenters. The maximum absolute atomic E-state index is 2.53. The van der Waals surface area contributed by atoms with Crippen LogP contribution in [0.1, 0.15) is 63.8 Å². The number of hydrogen-bond acceptors (Lipinski definition) is 2. The van der Waals surface area contributed by atoms with E-state index in [0.717, 1.165) is 13.1 Å². The zero-order chi connectivity index (χ0) is 42.3. The van der Waals surface area contributed by atoms with Gasteiger partial charge < -0.3 is 9.80 Å². The van der Waals surface area contributed by atoms with Crippen molar-refractivity contribution in [3.63, 3.8) is 0 Å². The molecule has 9 aromatic carbocycles. The van der Waals surface area contributed by atoms with Crippen LogP contribution in [0.5, 0.6) is 0 Å². The smallest absolute Gasteiger partial charge is 0.0458 e. The molecule has 2 heterocycles. The third kappa shape index (κ3) is 5.49. The molecule has 0 saturated heterocycles. The summed E-state index contributed by atoms with van der Waals surface area (Å²) in [6.45, 7) is 16.0. The molecular weight excluding hydrogens is 749 g/mol. The second-order valence-electron chi connectivity index (χ2n) is 18.1. The highest BCUT2D eigenvalue weighted by atomic mass is 15.2. The van der Waals surface area contributed by atoms with E-state index in [1.165, 1.54) is 111 Å². The van der Waals surface area contributed by atoms with Gasteiger partial charge in [-0.15, -0.1) is 0 Å². The van der Waals surface area contributed by atoms with Crippen molar-refractivity contribution in [3.8, 4) is 44.5 Å². The summed E-state index contributed by atoms with van der Waals surface area (Å²) in [5.41, 5.74) is 20.3. The summed E-state index contributed by atoms with van der Waals surface area (Å²) in [5, 5.41) is 5.05. The lowest BCUT2D eigenvalue weighted by Gasteiger charge is -2.43. The second-order valence-corrected chi connectivity index (χ2v) is 18.1. The van der Waals surface area contributed by atoms with E-state index in [2.05, 4.69) is 233 Å². The summed E-state index contributed by atoms with van der Waals surface area (Å²) < 4.78 is 0. The molecule has 2 heteroatoms. The quantitative estimate of drug-likeness (QED) is 0.155. The van der Waals surface area contributed by atoms with Crippen molar-refractivity contribution in [2.75, 3.05) is 22.9 Å². The highest BCUT2D eigenvalue weighted by Gasteiger charge is 2.39. The summed E-state index contributed by atoms with van der Waals surface area (Å²) in [4.78, 5) is 5.02. The average molecular weight is 801 g/mol. The molecule has 0 N–H and O–H groups in total. The Kier molecular flexibility index (Phi) is 8.81. The summed E-state index contributed by atoms with van der Waals surface area (Å²) in [6.07, 6.45) is 0. The summed E-state index contributed by atoms with van der Waals surface area (Å²) >= 11 is 0. The lowest BCUT2D eigenvalue weighted by molar-refractivity contribution is 0.627. The van der Waals surface area contributed by atoms with Gasteiger partial charge in [0, 0.05) is 46.7 Å². The first kappa shape index (κ1) is 38.1. The molecule has 0 unspecified atom stereocenters. The fraction of sp³-hybridized carbons (Fsp3) is 0.167. The van der Waals surface area contributed by atoms with E-state index < -0.39 is 0 Å². The van der Waals surface area contributed by atoms with E-state index in [-0.39, 0.29) is 10.8 Å². The Morgan fingerprint density at radius 1 is 0.339 bits per heavy atom. The van der Waals surface area contributed by atoms with Crippen LogP contribution in [0, 0.1) is 0 Å². The number of fused-ring (bicyclic) bond motifs is 6. The van der Waals surface area contributed by atoms with Crippen LogP contribution in [-0.4, -0.2) is 13.1 Å².